The molecule has 0 spiro atoms. The van der Waals surface area contributed by atoms with Gasteiger partial charge in [-0.15, -0.1) is 0 Å². The van der Waals surface area contributed by atoms with Crippen LogP contribution in [0.5, 0.6) is 0 Å². The summed E-state index contributed by atoms with van der Waals surface area (Å²) in [6, 6.07) is 18.1. The van der Waals surface area contributed by atoms with Gasteiger partial charge in [0.25, 0.3) is 0 Å². The smallest absolute Gasteiger partial charge is 0.321 e. The maximum atomic E-state index is 13.1. The lowest BCUT2D eigenvalue weighted by Crippen LogP contribution is -2.51. The van der Waals surface area contributed by atoms with Crippen molar-refractivity contribution < 1.29 is 14.7 Å². The molecule has 0 radical (unpaired) electrons. The molecule has 2 heterocycles. The molecule has 2 aromatic rings. The number of amides is 2. The van der Waals surface area contributed by atoms with Gasteiger partial charge in [-0.2, -0.15) is 0 Å². The lowest BCUT2D eigenvalue weighted by molar-refractivity contribution is -0.145. The number of nitrogens with zero attached hydrogens (tertiary/aromatic N) is 3. The third-order valence-corrected chi connectivity index (χ3v) is 10.1. The first-order valence-corrected chi connectivity index (χ1v) is 16.3. The number of aliphatic carboxylic acids is 1. The lowest BCUT2D eigenvalue weighted by Gasteiger charge is -2.39. The molecule has 1 aliphatic carbocycles. The molecule has 5 rings (SSSR count). The van der Waals surface area contributed by atoms with Crippen LogP contribution < -0.4 is 5.32 Å². The largest absolute Gasteiger partial charge is 0.480 e. The number of rotatable bonds is 10. The number of carboxylic acids is 1. The third kappa shape index (κ3) is 7.66. The molecule has 2 N–H and O–H groups in total. The summed E-state index contributed by atoms with van der Waals surface area (Å²) in [4.78, 5) is 32.5. The van der Waals surface area contributed by atoms with Crippen LogP contribution in [0.3, 0.4) is 0 Å². The van der Waals surface area contributed by atoms with Gasteiger partial charge in [0.15, 0.2) is 0 Å². The number of carboxylic acid groups (broad SMARTS) is 1. The molecular weight excluding hydrogens is 548 g/mol. The summed E-state index contributed by atoms with van der Waals surface area (Å²) in [6.07, 6.45) is 7.50. The average Bonchev–Trinajstić information content (AvgIpc) is 3.41. The van der Waals surface area contributed by atoms with Crippen LogP contribution in [0.15, 0.2) is 54.6 Å². The summed E-state index contributed by atoms with van der Waals surface area (Å²) in [5.41, 5.74) is 2.35. The zero-order valence-electron chi connectivity index (χ0n) is 25.0. The number of urea groups is 1. The summed E-state index contributed by atoms with van der Waals surface area (Å²) in [6.45, 7) is 7.75. The van der Waals surface area contributed by atoms with Gasteiger partial charge in [-0.05, 0) is 67.7 Å². The molecule has 0 bridgehead atoms. The molecule has 0 aromatic heterocycles. The standard InChI is InChI=1S/C34H47ClN4O3/c1-2-39(34(42)36-21-25-13-15-29(35)16-14-25)30-17-19-37(20-18-30)22-28-23-38(24-31(28)26-9-5-3-6-10-26)32(33(40)41)27-11-7-4-8-12-27/h3,5-6,9-10,13-16,27-28,30-32H,2,4,7-8,11-12,17-24H2,1H3,(H,36,42)(H,40,41). The Morgan fingerprint density at radius 3 is 2.31 bits per heavy atom. The Morgan fingerprint density at radius 2 is 1.67 bits per heavy atom. The van der Waals surface area contributed by atoms with E-state index < -0.39 is 5.97 Å². The number of likely N-dealkylation sites (tertiary alicyclic amines) is 2. The maximum absolute atomic E-state index is 13.1. The van der Waals surface area contributed by atoms with Crippen LogP contribution in [-0.4, -0.2) is 83.2 Å². The van der Waals surface area contributed by atoms with Crippen molar-refractivity contribution in [3.05, 3.63) is 70.7 Å². The van der Waals surface area contributed by atoms with Gasteiger partial charge < -0.3 is 20.2 Å². The predicted molar refractivity (Wildman–Crippen MR) is 168 cm³/mol. The minimum atomic E-state index is -0.649. The van der Waals surface area contributed by atoms with Gasteiger partial charge in [-0.25, -0.2) is 4.79 Å². The van der Waals surface area contributed by atoms with Crippen molar-refractivity contribution >= 4 is 23.6 Å². The first-order valence-electron chi connectivity index (χ1n) is 16.0. The molecule has 2 aliphatic heterocycles. The predicted octanol–water partition coefficient (Wildman–Crippen LogP) is 6.09. The number of hydrogen-bond acceptors (Lipinski definition) is 4. The molecule has 3 fully saturated rings. The normalized spacial score (nSPS) is 23.5. The van der Waals surface area contributed by atoms with E-state index in [2.05, 4.69) is 52.4 Å². The summed E-state index contributed by atoms with van der Waals surface area (Å²) < 4.78 is 0. The number of hydrogen-bond donors (Lipinski definition) is 2. The number of halogens is 1. The van der Waals surface area contributed by atoms with E-state index in [1.54, 1.807) is 0 Å². The Labute approximate surface area is 256 Å². The Hall–Kier alpha value is -2.61. The number of carbonyl (C=O) groups excluding carboxylic acids is 1. The molecule has 2 amide bonds. The highest BCUT2D eigenvalue weighted by Gasteiger charge is 2.43. The summed E-state index contributed by atoms with van der Waals surface area (Å²) in [7, 11) is 0. The summed E-state index contributed by atoms with van der Waals surface area (Å²) in [5.74, 6) is 0.330. The highest BCUT2D eigenvalue weighted by Crippen LogP contribution is 2.38. The Morgan fingerprint density at radius 1 is 0.976 bits per heavy atom. The molecule has 228 valence electrons. The van der Waals surface area contributed by atoms with Crippen molar-refractivity contribution in [2.45, 2.75) is 76.4 Å². The van der Waals surface area contributed by atoms with Crippen molar-refractivity contribution in [2.75, 3.05) is 39.3 Å². The number of benzene rings is 2. The van der Waals surface area contributed by atoms with Crippen molar-refractivity contribution in [3.8, 4) is 0 Å². The highest BCUT2D eigenvalue weighted by atomic mass is 35.5. The lowest BCUT2D eigenvalue weighted by atomic mass is 9.83. The summed E-state index contributed by atoms with van der Waals surface area (Å²) in [5, 5.41) is 14.1. The third-order valence-electron chi connectivity index (χ3n) is 9.89. The molecule has 42 heavy (non-hydrogen) atoms. The average molecular weight is 595 g/mol. The Kier molecular flexibility index (Phi) is 10.8. The van der Waals surface area contributed by atoms with E-state index in [0.717, 1.165) is 76.8 Å². The minimum absolute atomic E-state index is 0.0103. The first-order chi connectivity index (χ1) is 20.4. The fraction of sp³-hybridized carbons (Fsp3) is 0.588. The molecule has 7 nitrogen and oxygen atoms in total. The molecule has 2 aromatic carbocycles. The van der Waals surface area contributed by atoms with Crippen LogP contribution in [-0.2, 0) is 11.3 Å². The Bertz CT molecular complexity index is 1150. The number of nitrogens with one attached hydrogen (secondary N) is 1. The summed E-state index contributed by atoms with van der Waals surface area (Å²) >= 11 is 5.99. The monoisotopic (exact) mass is 594 g/mol. The van der Waals surface area contributed by atoms with E-state index in [1.165, 1.54) is 12.0 Å². The van der Waals surface area contributed by atoms with Crippen molar-refractivity contribution in [2.24, 2.45) is 11.8 Å². The Balaban J connectivity index is 1.19. The number of piperidine rings is 1. The topological polar surface area (TPSA) is 76.1 Å². The molecule has 3 unspecified atom stereocenters. The zero-order valence-corrected chi connectivity index (χ0v) is 25.7. The number of carbonyl (C=O) groups is 2. The molecule has 2 saturated heterocycles. The van der Waals surface area contributed by atoms with Gasteiger partial charge in [0.2, 0.25) is 0 Å². The van der Waals surface area contributed by atoms with Crippen LogP contribution in [0.1, 0.15) is 68.9 Å². The second-order valence-electron chi connectivity index (χ2n) is 12.5. The van der Waals surface area contributed by atoms with Gasteiger partial charge >= 0.3 is 12.0 Å². The quantitative estimate of drug-likeness (QED) is 0.348. The second kappa shape index (κ2) is 14.7. The van der Waals surface area contributed by atoms with E-state index in [-0.39, 0.29) is 24.0 Å². The van der Waals surface area contributed by atoms with Crippen molar-refractivity contribution in [1.82, 2.24) is 20.0 Å². The van der Waals surface area contributed by atoms with Crippen LogP contribution >= 0.6 is 11.6 Å². The molecule has 3 atom stereocenters. The fourth-order valence-electron chi connectivity index (χ4n) is 7.69. The fourth-order valence-corrected chi connectivity index (χ4v) is 7.82. The molecular formula is C34H47ClN4O3. The minimum Gasteiger partial charge on any atom is -0.480 e. The molecule has 1 saturated carbocycles. The SMILES string of the molecule is CCN(C(=O)NCc1ccc(Cl)cc1)C1CCN(CC2CN(C(C(=O)O)C3CCCCC3)CC2c2ccccc2)CC1. The van der Waals surface area contributed by atoms with E-state index in [9.17, 15) is 14.7 Å². The van der Waals surface area contributed by atoms with Gasteiger partial charge in [-0.3, -0.25) is 9.69 Å². The first kappa shape index (κ1) is 30.8. The van der Waals surface area contributed by atoms with Gasteiger partial charge in [0.1, 0.15) is 6.04 Å². The second-order valence-corrected chi connectivity index (χ2v) is 13.0. The van der Waals surface area contributed by atoms with Crippen LogP contribution in [0, 0.1) is 11.8 Å². The molecule has 3 aliphatic rings. The van der Waals surface area contributed by atoms with Gasteiger partial charge in [-0.1, -0.05) is 73.3 Å². The highest BCUT2D eigenvalue weighted by molar-refractivity contribution is 6.30. The van der Waals surface area contributed by atoms with Crippen molar-refractivity contribution in [3.63, 3.8) is 0 Å². The van der Waals surface area contributed by atoms with E-state index in [0.29, 0.717) is 29.9 Å². The van der Waals surface area contributed by atoms with Crippen LogP contribution in [0.25, 0.3) is 0 Å². The van der Waals surface area contributed by atoms with Crippen LogP contribution in [0.4, 0.5) is 4.79 Å². The van der Waals surface area contributed by atoms with Crippen molar-refractivity contribution in [1.29, 1.82) is 0 Å². The van der Waals surface area contributed by atoms with E-state index in [4.69, 9.17) is 11.6 Å². The van der Waals surface area contributed by atoms with Crippen LogP contribution in [0.2, 0.25) is 5.02 Å². The van der Waals surface area contributed by atoms with E-state index in [1.807, 2.05) is 29.2 Å². The van der Waals surface area contributed by atoms with Gasteiger partial charge in [0.05, 0.1) is 0 Å². The maximum Gasteiger partial charge on any atom is 0.321 e. The van der Waals surface area contributed by atoms with Gasteiger partial charge in [0, 0.05) is 62.8 Å². The molecule has 8 heteroatoms. The van der Waals surface area contributed by atoms with E-state index >= 15 is 0 Å². The zero-order chi connectivity index (χ0) is 29.5.